The van der Waals surface area contributed by atoms with Gasteiger partial charge in [0.2, 0.25) is 0 Å². The van der Waals surface area contributed by atoms with Crippen LogP contribution in [-0.2, 0) is 4.79 Å². The minimum atomic E-state index is -0.362. The van der Waals surface area contributed by atoms with Gasteiger partial charge in [0.25, 0.3) is 5.69 Å². The van der Waals surface area contributed by atoms with Crippen LogP contribution >= 0.6 is 0 Å². The molecule has 0 spiro atoms. The van der Waals surface area contributed by atoms with Crippen LogP contribution in [0.4, 0.5) is 11.4 Å². The van der Waals surface area contributed by atoms with E-state index in [-0.39, 0.29) is 27.9 Å². The van der Waals surface area contributed by atoms with Gasteiger partial charge in [0.15, 0.2) is 5.78 Å². The highest BCUT2D eigenvalue weighted by molar-refractivity contribution is 5.85. The number of nitrogens with one attached hydrogen (secondary N) is 1. The number of carbonyl (C=O) groups is 1. The molecular weight excluding hydrogens is 294 g/mol. The first-order chi connectivity index (χ1) is 10.8. The maximum Gasteiger partial charge on any atom is 0.292 e. The van der Waals surface area contributed by atoms with Gasteiger partial charge in [-0.15, -0.1) is 0 Å². The topological polar surface area (TPSA) is 75.5 Å². The minimum absolute atomic E-state index is 0.109. The average Bonchev–Trinajstić information content (AvgIpc) is 2.48. The number of hydrogen-bond donors (Lipinski definition) is 1. The molecule has 126 valence electrons. The third-order valence-electron chi connectivity index (χ3n) is 4.25. The summed E-state index contributed by atoms with van der Waals surface area (Å²) >= 11 is 0. The molecular formula is C17H25N3O3. The highest BCUT2D eigenvalue weighted by atomic mass is 16.6. The van der Waals surface area contributed by atoms with E-state index >= 15 is 0 Å². The predicted octanol–water partition coefficient (Wildman–Crippen LogP) is 3.09. The van der Waals surface area contributed by atoms with E-state index in [2.05, 4.69) is 10.2 Å². The van der Waals surface area contributed by atoms with Crippen molar-refractivity contribution in [3.63, 3.8) is 0 Å². The van der Waals surface area contributed by atoms with Gasteiger partial charge in [0, 0.05) is 30.6 Å². The van der Waals surface area contributed by atoms with Crippen molar-refractivity contribution in [2.24, 2.45) is 5.41 Å². The molecule has 1 aromatic carbocycles. The molecule has 0 unspecified atom stereocenters. The Morgan fingerprint density at radius 1 is 1.30 bits per heavy atom. The molecule has 0 radical (unpaired) electrons. The third-order valence-corrected chi connectivity index (χ3v) is 4.25. The number of nitrogens with zero attached hydrogens (tertiary/aromatic N) is 2. The van der Waals surface area contributed by atoms with Crippen molar-refractivity contribution in [2.75, 3.05) is 25.0 Å². The van der Waals surface area contributed by atoms with E-state index in [0.717, 1.165) is 25.9 Å². The molecule has 1 saturated heterocycles. The lowest BCUT2D eigenvalue weighted by Gasteiger charge is -2.33. The van der Waals surface area contributed by atoms with E-state index in [1.165, 1.54) is 6.07 Å². The summed E-state index contributed by atoms with van der Waals surface area (Å²) in [4.78, 5) is 25.0. The molecule has 6 heteroatoms. The van der Waals surface area contributed by atoms with Gasteiger partial charge in [-0.3, -0.25) is 19.8 Å². The van der Waals surface area contributed by atoms with Crippen LogP contribution in [0.2, 0.25) is 0 Å². The standard InChI is InChI=1S/C17H25N3O3/c1-17(2,3)16(21)12-19-10-8-13(9-11-19)18-14-6-4-5-7-15(14)20(22)23/h4-7,13,18H,8-12H2,1-3H3. The fourth-order valence-electron chi connectivity index (χ4n) is 2.65. The van der Waals surface area contributed by atoms with Crippen LogP contribution in [0.3, 0.4) is 0 Å². The number of nitro benzene ring substituents is 1. The van der Waals surface area contributed by atoms with E-state index in [9.17, 15) is 14.9 Å². The number of Topliss-reactive ketones (excluding diaryl/α,β-unsaturated/α-hetero) is 1. The van der Waals surface area contributed by atoms with Crippen molar-refractivity contribution < 1.29 is 9.72 Å². The number of benzene rings is 1. The molecule has 23 heavy (non-hydrogen) atoms. The Kier molecular flexibility index (Phi) is 5.36. The van der Waals surface area contributed by atoms with Crippen LogP contribution in [0.15, 0.2) is 24.3 Å². The van der Waals surface area contributed by atoms with Gasteiger partial charge in [-0.1, -0.05) is 32.9 Å². The Morgan fingerprint density at radius 3 is 2.48 bits per heavy atom. The van der Waals surface area contributed by atoms with Gasteiger partial charge in [0.05, 0.1) is 11.5 Å². The van der Waals surface area contributed by atoms with Crippen LogP contribution in [-0.4, -0.2) is 41.3 Å². The predicted molar refractivity (Wildman–Crippen MR) is 90.6 cm³/mol. The second-order valence-electron chi connectivity index (χ2n) is 7.14. The summed E-state index contributed by atoms with van der Waals surface area (Å²) in [5, 5.41) is 14.3. The minimum Gasteiger partial charge on any atom is -0.377 e. The SMILES string of the molecule is CC(C)(C)C(=O)CN1CCC(Nc2ccccc2[N+](=O)[O-])CC1. The largest absolute Gasteiger partial charge is 0.377 e. The van der Waals surface area contributed by atoms with Crippen molar-refractivity contribution in [2.45, 2.75) is 39.7 Å². The van der Waals surface area contributed by atoms with Crippen LogP contribution < -0.4 is 5.32 Å². The molecule has 2 rings (SSSR count). The number of carbonyl (C=O) groups excluding carboxylic acids is 1. The summed E-state index contributed by atoms with van der Waals surface area (Å²) in [5.74, 6) is 0.252. The summed E-state index contributed by atoms with van der Waals surface area (Å²) < 4.78 is 0. The first kappa shape index (κ1) is 17.4. The van der Waals surface area contributed by atoms with Crippen LogP contribution in [0.25, 0.3) is 0 Å². The summed E-state index contributed by atoms with van der Waals surface area (Å²) in [5.41, 5.74) is 0.374. The van der Waals surface area contributed by atoms with Crippen molar-refractivity contribution in [1.82, 2.24) is 4.90 Å². The van der Waals surface area contributed by atoms with Crippen molar-refractivity contribution in [3.05, 3.63) is 34.4 Å². The molecule has 1 aliphatic heterocycles. The number of piperidine rings is 1. The van der Waals surface area contributed by atoms with E-state index in [1.807, 2.05) is 20.8 Å². The fraction of sp³-hybridized carbons (Fsp3) is 0.588. The maximum atomic E-state index is 12.1. The molecule has 0 atom stereocenters. The first-order valence-corrected chi connectivity index (χ1v) is 8.03. The smallest absolute Gasteiger partial charge is 0.292 e. The second kappa shape index (κ2) is 7.08. The lowest BCUT2D eigenvalue weighted by molar-refractivity contribution is -0.384. The van der Waals surface area contributed by atoms with Crippen LogP contribution in [0.5, 0.6) is 0 Å². The number of para-hydroxylation sites is 2. The highest BCUT2D eigenvalue weighted by Gasteiger charge is 2.27. The fourth-order valence-corrected chi connectivity index (χ4v) is 2.65. The molecule has 1 N–H and O–H groups in total. The molecule has 1 fully saturated rings. The normalized spacial score (nSPS) is 17.0. The molecule has 1 heterocycles. The summed E-state index contributed by atoms with van der Waals surface area (Å²) in [6.45, 7) is 7.98. The molecule has 1 aromatic rings. The Labute approximate surface area is 137 Å². The van der Waals surface area contributed by atoms with Gasteiger partial charge in [-0.2, -0.15) is 0 Å². The average molecular weight is 319 g/mol. The number of nitro groups is 1. The van der Waals surface area contributed by atoms with Gasteiger partial charge < -0.3 is 5.32 Å². The van der Waals surface area contributed by atoms with Gasteiger partial charge in [-0.05, 0) is 18.9 Å². The Bertz CT molecular complexity index is 573. The second-order valence-corrected chi connectivity index (χ2v) is 7.14. The molecule has 0 bridgehead atoms. The highest BCUT2D eigenvalue weighted by Crippen LogP contribution is 2.26. The Hall–Kier alpha value is -1.95. The van der Waals surface area contributed by atoms with Gasteiger partial charge >= 0.3 is 0 Å². The molecule has 6 nitrogen and oxygen atoms in total. The van der Waals surface area contributed by atoms with Crippen LogP contribution in [0, 0.1) is 15.5 Å². The number of likely N-dealkylation sites (tertiary alicyclic amines) is 1. The number of rotatable bonds is 5. The Morgan fingerprint density at radius 2 is 1.91 bits per heavy atom. The first-order valence-electron chi connectivity index (χ1n) is 8.03. The quantitative estimate of drug-likeness (QED) is 0.667. The van der Waals surface area contributed by atoms with Gasteiger partial charge in [-0.25, -0.2) is 0 Å². The van der Waals surface area contributed by atoms with Gasteiger partial charge in [0.1, 0.15) is 5.69 Å². The Balaban J connectivity index is 1.88. The number of hydrogen-bond acceptors (Lipinski definition) is 5. The summed E-state index contributed by atoms with van der Waals surface area (Å²) in [7, 11) is 0. The summed E-state index contributed by atoms with van der Waals surface area (Å²) in [6.07, 6.45) is 1.76. The van der Waals surface area contributed by atoms with Crippen molar-refractivity contribution in [3.8, 4) is 0 Å². The number of ketones is 1. The van der Waals surface area contributed by atoms with E-state index in [0.29, 0.717) is 12.2 Å². The lowest BCUT2D eigenvalue weighted by Crippen LogP contribution is -2.43. The van der Waals surface area contributed by atoms with E-state index in [4.69, 9.17) is 0 Å². The molecule has 0 amide bonds. The maximum absolute atomic E-state index is 12.1. The molecule has 0 saturated carbocycles. The van der Waals surface area contributed by atoms with Crippen molar-refractivity contribution in [1.29, 1.82) is 0 Å². The molecule has 0 aliphatic carbocycles. The zero-order valence-electron chi connectivity index (χ0n) is 14.0. The molecule has 1 aliphatic rings. The lowest BCUT2D eigenvalue weighted by atomic mass is 9.90. The number of anilines is 1. The molecule has 0 aromatic heterocycles. The zero-order valence-corrected chi connectivity index (χ0v) is 14.0. The summed E-state index contributed by atoms with van der Waals surface area (Å²) in [6, 6.07) is 6.93. The monoisotopic (exact) mass is 319 g/mol. The van der Waals surface area contributed by atoms with E-state index < -0.39 is 0 Å². The van der Waals surface area contributed by atoms with Crippen LogP contribution in [0.1, 0.15) is 33.6 Å². The van der Waals surface area contributed by atoms with E-state index in [1.54, 1.807) is 18.2 Å². The van der Waals surface area contributed by atoms with Crippen molar-refractivity contribution >= 4 is 17.2 Å². The third kappa shape index (κ3) is 4.76. The zero-order chi connectivity index (χ0) is 17.0.